The van der Waals surface area contributed by atoms with E-state index < -0.39 is 11.4 Å². The number of hydrogen-bond donors (Lipinski definition) is 1. The highest BCUT2D eigenvalue weighted by Gasteiger charge is 2.51. The summed E-state index contributed by atoms with van der Waals surface area (Å²) in [7, 11) is 0. The van der Waals surface area contributed by atoms with Crippen molar-refractivity contribution in [2.24, 2.45) is 0 Å². The third kappa shape index (κ3) is 4.34. The monoisotopic (exact) mass is 508 g/mol. The Morgan fingerprint density at radius 1 is 0.974 bits per heavy atom. The van der Waals surface area contributed by atoms with Gasteiger partial charge in [0.05, 0.1) is 23.7 Å². The fourth-order valence-corrected chi connectivity index (χ4v) is 5.26. The van der Waals surface area contributed by atoms with Gasteiger partial charge in [0.25, 0.3) is 0 Å². The van der Waals surface area contributed by atoms with E-state index in [-0.39, 0.29) is 12.1 Å². The van der Waals surface area contributed by atoms with Crippen LogP contribution in [0.4, 0.5) is 4.79 Å². The van der Waals surface area contributed by atoms with E-state index in [1.807, 2.05) is 73.7 Å². The van der Waals surface area contributed by atoms with Crippen molar-refractivity contribution in [3.63, 3.8) is 0 Å². The van der Waals surface area contributed by atoms with E-state index in [0.29, 0.717) is 38.2 Å². The number of aryl methyl sites for hydroxylation is 1. The van der Waals surface area contributed by atoms with Crippen LogP contribution in [-0.2, 0) is 27.9 Å². The molecule has 0 radical (unpaired) electrons. The maximum atomic E-state index is 12.6. The third-order valence-electron chi connectivity index (χ3n) is 7.78. The molecule has 4 aromatic rings. The Bertz CT molecular complexity index is 1470. The Labute approximate surface area is 220 Å². The number of carbonyl (C=O) groups is 2. The fraction of sp³-hybridized carbons (Fsp3) is 0.258. The molecule has 0 spiro atoms. The molecule has 3 aromatic carbocycles. The van der Waals surface area contributed by atoms with E-state index in [1.165, 1.54) is 0 Å². The molecule has 0 unspecified atom stereocenters. The molecular weight excluding hydrogens is 480 g/mol. The summed E-state index contributed by atoms with van der Waals surface area (Å²) >= 11 is 0. The molecule has 7 heteroatoms. The van der Waals surface area contributed by atoms with Crippen LogP contribution in [0.5, 0.6) is 0 Å². The predicted octanol–water partition coefficient (Wildman–Crippen LogP) is 6.00. The molecule has 1 N–H and O–H groups in total. The lowest BCUT2D eigenvalue weighted by Gasteiger charge is -2.21. The highest BCUT2D eigenvalue weighted by atomic mass is 16.6. The minimum absolute atomic E-state index is 0.0618. The van der Waals surface area contributed by atoms with Crippen molar-refractivity contribution in [3.8, 4) is 22.5 Å². The molecule has 2 fully saturated rings. The maximum Gasteiger partial charge on any atom is 0.410 e. The number of carbonyl (C=O) groups excluding carboxylic acids is 1. The van der Waals surface area contributed by atoms with Crippen LogP contribution in [0.3, 0.4) is 0 Å². The Morgan fingerprint density at radius 2 is 1.61 bits per heavy atom. The number of carboxylic acid groups (broad SMARTS) is 1. The van der Waals surface area contributed by atoms with Crippen molar-refractivity contribution in [3.05, 3.63) is 101 Å². The molecule has 1 aliphatic heterocycles. The Hall–Kier alpha value is -4.39. The maximum absolute atomic E-state index is 12.6. The zero-order valence-electron chi connectivity index (χ0n) is 21.1. The SMILES string of the molecule is Cc1noc(-c2ccc(-c3ccc(C4(C(=O)O)CC4)cc3)cc2)c1CN1C(=O)OC[C@@H]1Cc1ccccc1. The summed E-state index contributed by atoms with van der Waals surface area (Å²) in [5.41, 5.74) is 5.82. The molecule has 2 aliphatic rings. The van der Waals surface area contributed by atoms with E-state index in [0.717, 1.165) is 39.1 Å². The minimum atomic E-state index is -0.749. The molecular formula is C31H28N2O5. The van der Waals surface area contributed by atoms with Crippen LogP contribution in [0.15, 0.2) is 83.4 Å². The van der Waals surface area contributed by atoms with Gasteiger partial charge in [-0.25, -0.2) is 4.79 Å². The molecule has 1 saturated carbocycles. The number of rotatable bonds is 8. The number of carboxylic acids is 1. The molecule has 38 heavy (non-hydrogen) atoms. The number of cyclic esters (lactones) is 1. The second kappa shape index (κ2) is 9.49. The number of aliphatic carboxylic acids is 1. The first-order valence-corrected chi connectivity index (χ1v) is 12.8. The van der Waals surface area contributed by atoms with E-state index in [1.54, 1.807) is 4.90 Å². The van der Waals surface area contributed by atoms with Crippen molar-refractivity contribution in [2.45, 2.75) is 44.2 Å². The molecule has 0 bridgehead atoms. The smallest absolute Gasteiger partial charge is 0.410 e. The second-order valence-corrected chi connectivity index (χ2v) is 10.2. The average molecular weight is 509 g/mol. The average Bonchev–Trinajstić information content (AvgIpc) is 3.59. The highest BCUT2D eigenvalue weighted by molar-refractivity contribution is 5.85. The molecule has 1 aliphatic carbocycles. The number of aromatic nitrogens is 1. The zero-order chi connectivity index (χ0) is 26.3. The van der Waals surface area contributed by atoms with E-state index >= 15 is 0 Å². The standard InChI is InChI=1S/C31H28N2O5/c1-20-27(18-33-26(19-37-30(33)36)17-21-5-3-2-4-6-21)28(38-32-20)24-9-7-22(8-10-24)23-11-13-25(14-12-23)31(15-16-31)29(34)35/h2-14,26H,15-19H2,1H3,(H,34,35)/t26-/m0/s1. The van der Waals surface area contributed by atoms with E-state index in [4.69, 9.17) is 9.26 Å². The van der Waals surface area contributed by atoms with E-state index in [2.05, 4.69) is 17.3 Å². The lowest BCUT2D eigenvalue weighted by Crippen LogP contribution is -2.34. The molecule has 7 nitrogen and oxygen atoms in total. The number of benzene rings is 3. The van der Waals surface area contributed by atoms with Crippen LogP contribution < -0.4 is 0 Å². The van der Waals surface area contributed by atoms with Gasteiger partial charge in [-0.2, -0.15) is 0 Å². The van der Waals surface area contributed by atoms with Crippen molar-refractivity contribution < 1.29 is 24.0 Å². The Balaban J connectivity index is 1.21. The molecule has 1 atom stereocenters. The summed E-state index contributed by atoms with van der Waals surface area (Å²) in [5.74, 6) is -0.110. The summed E-state index contributed by atoms with van der Waals surface area (Å²) in [4.78, 5) is 26.0. The predicted molar refractivity (Wildman–Crippen MR) is 141 cm³/mol. The van der Waals surface area contributed by atoms with Crippen LogP contribution in [0.1, 0.15) is 35.2 Å². The summed E-state index contributed by atoms with van der Waals surface area (Å²) < 4.78 is 11.1. The van der Waals surface area contributed by atoms with Gasteiger partial charge < -0.3 is 14.4 Å². The molecule has 192 valence electrons. The van der Waals surface area contributed by atoms with Gasteiger partial charge in [-0.1, -0.05) is 84.0 Å². The van der Waals surface area contributed by atoms with Gasteiger partial charge >= 0.3 is 12.1 Å². The van der Waals surface area contributed by atoms with Crippen molar-refractivity contribution in [1.82, 2.24) is 10.1 Å². The summed E-state index contributed by atoms with van der Waals surface area (Å²) in [6.45, 7) is 2.60. The van der Waals surface area contributed by atoms with E-state index in [9.17, 15) is 14.7 Å². The number of ether oxygens (including phenoxy) is 1. The first-order valence-electron chi connectivity index (χ1n) is 12.8. The summed E-state index contributed by atoms with van der Waals surface area (Å²) in [6.07, 6.45) is 1.77. The van der Waals surface area contributed by atoms with Gasteiger partial charge in [0.1, 0.15) is 6.61 Å². The quantitative estimate of drug-likeness (QED) is 0.314. The van der Waals surface area contributed by atoms with Gasteiger partial charge in [0.2, 0.25) is 0 Å². The van der Waals surface area contributed by atoms with Gasteiger partial charge in [-0.15, -0.1) is 0 Å². The lowest BCUT2D eigenvalue weighted by atomic mass is 9.93. The molecule has 6 rings (SSSR count). The van der Waals surface area contributed by atoms with Gasteiger partial charge in [0, 0.05) is 11.1 Å². The van der Waals surface area contributed by atoms with Crippen LogP contribution >= 0.6 is 0 Å². The van der Waals surface area contributed by atoms with Crippen molar-refractivity contribution in [2.75, 3.05) is 6.61 Å². The lowest BCUT2D eigenvalue weighted by molar-refractivity contribution is -0.140. The Kier molecular flexibility index (Phi) is 5.98. The molecule has 1 amide bonds. The Morgan fingerprint density at radius 3 is 2.24 bits per heavy atom. The van der Waals surface area contributed by atoms with Crippen LogP contribution in [0.2, 0.25) is 0 Å². The van der Waals surface area contributed by atoms with Crippen molar-refractivity contribution in [1.29, 1.82) is 0 Å². The molecule has 1 aromatic heterocycles. The highest BCUT2D eigenvalue weighted by Crippen LogP contribution is 2.48. The minimum Gasteiger partial charge on any atom is -0.481 e. The number of amides is 1. The topological polar surface area (TPSA) is 92.9 Å². The first-order chi connectivity index (χ1) is 18.4. The molecule has 2 heterocycles. The van der Waals surface area contributed by atoms with Gasteiger partial charge in [-0.05, 0) is 48.4 Å². The van der Waals surface area contributed by atoms with Crippen LogP contribution in [0, 0.1) is 6.92 Å². The fourth-order valence-electron chi connectivity index (χ4n) is 5.26. The largest absolute Gasteiger partial charge is 0.481 e. The number of nitrogens with zero attached hydrogens (tertiary/aromatic N) is 2. The van der Waals surface area contributed by atoms with Gasteiger partial charge in [0.15, 0.2) is 5.76 Å². The van der Waals surface area contributed by atoms with Crippen LogP contribution in [-0.4, -0.2) is 39.9 Å². The summed E-state index contributed by atoms with van der Waals surface area (Å²) in [6, 6.07) is 25.8. The third-order valence-corrected chi connectivity index (χ3v) is 7.78. The molecule has 1 saturated heterocycles. The number of hydrogen-bond acceptors (Lipinski definition) is 5. The van der Waals surface area contributed by atoms with Gasteiger partial charge in [-0.3, -0.25) is 9.69 Å². The first kappa shape index (κ1) is 24.0. The van der Waals surface area contributed by atoms with Crippen LogP contribution in [0.25, 0.3) is 22.5 Å². The van der Waals surface area contributed by atoms with Crippen molar-refractivity contribution >= 4 is 12.1 Å². The zero-order valence-corrected chi connectivity index (χ0v) is 21.1. The summed E-state index contributed by atoms with van der Waals surface area (Å²) in [5, 5.41) is 13.7. The second-order valence-electron chi connectivity index (χ2n) is 10.2. The normalized spacial score (nSPS) is 17.9.